The van der Waals surface area contributed by atoms with Crippen molar-refractivity contribution in [2.45, 2.75) is 12.6 Å². The number of ether oxygens (including phenoxy) is 1. The fraction of sp³-hybridized carbons (Fsp3) is 0.235. The van der Waals surface area contributed by atoms with E-state index in [0.717, 1.165) is 27.8 Å². The molecule has 2 aromatic heterocycles. The van der Waals surface area contributed by atoms with Crippen LogP contribution in [0.25, 0.3) is 10.8 Å². The number of nitrogens with zero attached hydrogens (tertiary/aromatic N) is 1. The van der Waals surface area contributed by atoms with Crippen molar-refractivity contribution in [1.82, 2.24) is 10.3 Å². The van der Waals surface area contributed by atoms with Gasteiger partial charge in [0.25, 0.3) is 0 Å². The summed E-state index contributed by atoms with van der Waals surface area (Å²) in [4.78, 5) is 4.51. The van der Waals surface area contributed by atoms with Crippen molar-refractivity contribution in [3.63, 3.8) is 0 Å². The first kappa shape index (κ1) is 15.7. The highest BCUT2D eigenvalue weighted by molar-refractivity contribution is 7.13. The molecule has 0 aliphatic rings. The highest BCUT2D eigenvalue weighted by Crippen LogP contribution is 2.24. The monoisotopic (exact) mass is 330 g/mol. The molecule has 23 heavy (non-hydrogen) atoms. The van der Waals surface area contributed by atoms with Gasteiger partial charge in [0.15, 0.2) is 10.8 Å². The van der Waals surface area contributed by atoms with E-state index in [4.69, 9.17) is 9.15 Å². The Morgan fingerprint density at radius 2 is 2.26 bits per heavy atom. The van der Waals surface area contributed by atoms with Gasteiger partial charge in [-0.3, -0.25) is 0 Å². The SMILES string of the molecule is COc1cccc(C(O)CNCc2csc(-c3ccco3)n2)c1. The lowest BCUT2D eigenvalue weighted by molar-refractivity contribution is 0.174. The smallest absolute Gasteiger partial charge is 0.162 e. The molecule has 6 heteroatoms. The first-order valence-corrected chi connectivity index (χ1v) is 8.15. The molecule has 120 valence electrons. The zero-order valence-corrected chi connectivity index (χ0v) is 13.5. The molecule has 0 radical (unpaired) electrons. The average molecular weight is 330 g/mol. The van der Waals surface area contributed by atoms with Crippen molar-refractivity contribution in [1.29, 1.82) is 0 Å². The Balaban J connectivity index is 1.53. The van der Waals surface area contributed by atoms with Crippen molar-refractivity contribution in [2.75, 3.05) is 13.7 Å². The molecule has 0 fully saturated rings. The molecule has 1 atom stereocenters. The molecule has 5 nitrogen and oxygen atoms in total. The number of nitrogens with one attached hydrogen (secondary N) is 1. The van der Waals surface area contributed by atoms with E-state index >= 15 is 0 Å². The maximum atomic E-state index is 10.2. The van der Waals surface area contributed by atoms with Crippen LogP contribution in [-0.2, 0) is 6.54 Å². The van der Waals surface area contributed by atoms with Crippen molar-refractivity contribution in [2.24, 2.45) is 0 Å². The molecule has 3 rings (SSSR count). The van der Waals surface area contributed by atoms with Gasteiger partial charge in [-0.1, -0.05) is 12.1 Å². The van der Waals surface area contributed by atoms with Crippen molar-refractivity contribution >= 4 is 11.3 Å². The average Bonchev–Trinajstić information content (AvgIpc) is 3.26. The van der Waals surface area contributed by atoms with Crippen LogP contribution < -0.4 is 10.1 Å². The molecule has 1 unspecified atom stereocenters. The zero-order valence-electron chi connectivity index (χ0n) is 12.7. The van der Waals surface area contributed by atoms with Gasteiger partial charge in [-0.25, -0.2) is 4.98 Å². The number of hydrogen-bond acceptors (Lipinski definition) is 6. The Kier molecular flexibility index (Phi) is 5.07. The number of methoxy groups -OCH3 is 1. The van der Waals surface area contributed by atoms with E-state index < -0.39 is 6.10 Å². The lowest BCUT2D eigenvalue weighted by Gasteiger charge is -2.12. The summed E-state index contributed by atoms with van der Waals surface area (Å²) < 4.78 is 10.5. The molecular formula is C17H18N2O3S. The van der Waals surface area contributed by atoms with Crippen LogP contribution in [0.2, 0.25) is 0 Å². The summed E-state index contributed by atoms with van der Waals surface area (Å²) in [5.41, 5.74) is 1.76. The van der Waals surface area contributed by atoms with E-state index in [-0.39, 0.29) is 0 Å². The maximum Gasteiger partial charge on any atom is 0.162 e. The lowest BCUT2D eigenvalue weighted by atomic mass is 10.1. The van der Waals surface area contributed by atoms with Gasteiger partial charge in [0.2, 0.25) is 0 Å². The number of rotatable bonds is 7. The summed E-state index contributed by atoms with van der Waals surface area (Å²) in [5, 5.41) is 16.3. The minimum absolute atomic E-state index is 0.445. The second-order valence-electron chi connectivity index (χ2n) is 5.04. The fourth-order valence-electron chi connectivity index (χ4n) is 2.21. The molecule has 0 aliphatic carbocycles. The number of aromatic nitrogens is 1. The van der Waals surface area contributed by atoms with Gasteiger partial charge >= 0.3 is 0 Å². The summed E-state index contributed by atoms with van der Waals surface area (Å²) in [5.74, 6) is 1.52. The zero-order chi connectivity index (χ0) is 16.1. The largest absolute Gasteiger partial charge is 0.497 e. The third kappa shape index (κ3) is 3.98. The van der Waals surface area contributed by atoms with Crippen LogP contribution in [0.4, 0.5) is 0 Å². The van der Waals surface area contributed by atoms with Gasteiger partial charge in [0, 0.05) is 18.5 Å². The number of benzene rings is 1. The van der Waals surface area contributed by atoms with Gasteiger partial charge in [0.1, 0.15) is 5.75 Å². The van der Waals surface area contributed by atoms with Crippen LogP contribution in [-0.4, -0.2) is 23.7 Å². The van der Waals surface area contributed by atoms with Crippen LogP contribution in [0, 0.1) is 0 Å². The topological polar surface area (TPSA) is 67.5 Å². The first-order valence-electron chi connectivity index (χ1n) is 7.27. The number of aliphatic hydroxyl groups excluding tert-OH is 1. The Morgan fingerprint density at radius 3 is 3.04 bits per heavy atom. The van der Waals surface area contributed by atoms with Crippen molar-refractivity contribution < 1.29 is 14.3 Å². The predicted molar refractivity (Wildman–Crippen MR) is 89.5 cm³/mol. The summed E-state index contributed by atoms with van der Waals surface area (Å²) >= 11 is 1.54. The molecule has 2 N–H and O–H groups in total. The van der Waals surface area contributed by atoms with Crippen molar-refractivity contribution in [3.05, 3.63) is 59.3 Å². The third-order valence-corrected chi connectivity index (χ3v) is 4.31. The molecule has 2 heterocycles. The first-order chi connectivity index (χ1) is 11.3. The van der Waals surface area contributed by atoms with E-state index in [1.54, 1.807) is 24.7 Å². The summed E-state index contributed by atoms with van der Waals surface area (Å²) in [6.07, 6.45) is 1.05. The minimum atomic E-state index is -0.590. The Morgan fingerprint density at radius 1 is 1.35 bits per heavy atom. The van der Waals surface area contributed by atoms with Crippen LogP contribution >= 0.6 is 11.3 Å². The van der Waals surface area contributed by atoms with Crippen LogP contribution in [0.3, 0.4) is 0 Å². The standard InChI is InChI=1S/C17H18N2O3S/c1-21-14-5-2-4-12(8-14)15(20)10-18-9-13-11-23-17(19-13)16-6-3-7-22-16/h2-8,11,15,18,20H,9-10H2,1H3. The Bertz CT molecular complexity index is 740. The van der Waals surface area contributed by atoms with Crippen molar-refractivity contribution in [3.8, 4) is 16.5 Å². The lowest BCUT2D eigenvalue weighted by Crippen LogP contribution is -2.21. The highest BCUT2D eigenvalue weighted by Gasteiger charge is 2.10. The number of aliphatic hydroxyl groups is 1. The van der Waals surface area contributed by atoms with Crippen LogP contribution in [0.15, 0.2) is 52.5 Å². The van der Waals surface area contributed by atoms with Gasteiger partial charge in [-0.2, -0.15) is 0 Å². The molecule has 0 aliphatic heterocycles. The molecule has 0 saturated carbocycles. The van der Waals surface area contributed by atoms with E-state index in [1.165, 1.54) is 0 Å². The van der Waals surface area contributed by atoms with E-state index in [2.05, 4.69) is 10.3 Å². The molecule has 1 aromatic carbocycles. The van der Waals surface area contributed by atoms with Gasteiger partial charge in [0.05, 0.1) is 25.2 Å². The molecule has 0 amide bonds. The molecule has 3 aromatic rings. The van der Waals surface area contributed by atoms with Crippen LogP contribution in [0.5, 0.6) is 5.75 Å². The third-order valence-electron chi connectivity index (χ3n) is 3.41. The fourth-order valence-corrected chi connectivity index (χ4v) is 2.99. The highest BCUT2D eigenvalue weighted by atomic mass is 32.1. The second kappa shape index (κ2) is 7.41. The normalized spacial score (nSPS) is 12.3. The van der Waals surface area contributed by atoms with E-state index in [9.17, 15) is 5.11 Å². The summed E-state index contributed by atoms with van der Waals surface area (Å²) in [6, 6.07) is 11.2. The molecule has 0 saturated heterocycles. The maximum absolute atomic E-state index is 10.2. The number of hydrogen-bond donors (Lipinski definition) is 2. The molecule has 0 bridgehead atoms. The predicted octanol–water partition coefficient (Wildman–Crippen LogP) is 3.23. The van der Waals surface area contributed by atoms with Crippen LogP contribution in [0.1, 0.15) is 17.4 Å². The summed E-state index contributed by atoms with van der Waals surface area (Å²) in [7, 11) is 1.61. The van der Waals surface area contributed by atoms with E-state index in [0.29, 0.717) is 13.1 Å². The molecule has 0 spiro atoms. The Hall–Kier alpha value is -2.15. The number of thiazole rings is 1. The quantitative estimate of drug-likeness (QED) is 0.696. The Labute approximate surface area is 138 Å². The van der Waals surface area contributed by atoms with Gasteiger partial charge < -0.3 is 19.6 Å². The number of furan rings is 1. The summed E-state index contributed by atoms with van der Waals surface area (Å²) in [6.45, 7) is 1.04. The van der Waals surface area contributed by atoms with Gasteiger partial charge in [-0.15, -0.1) is 11.3 Å². The minimum Gasteiger partial charge on any atom is -0.497 e. The molecular weight excluding hydrogens is 312 g/mol. The van der Waals surface area contributed by atoms with E-state index in [1.807, 2.05) is 41.8 Å². The second-order valence-corrected chi connectivity index (χ2v) is 5.90. The van der Waals surface area contributed by atoms with Gasteiger partial charge in [-0.05, 0) is 29.8 Å².